The van der Waals surface area contributed by atoms with Crippen LogP contribution in [0.4, 0.5) is 5.69 Å². The maximum absolute atomic E-state index is 12.3. The Balaban J connectivity index is 1.59. The normalized spacial score (nSPS) is 15.3. The second-order valence-electron chi connectivity index (χ2n) is 5.57. The van der Waals surface area contributed by atoms with E-state index in [0.717, 1.165) is 6.42 Å². The fraction of sp³-hybridized carbons (Fsp3) is 0.263. The zero-order valence-corrected chi connectivity index (χ0v) is 13.9. The molecule has 0 spiro atoms. The molecule has 25 heavy (non-hydrogen) atoms. The van der Waals surface area contributed by atoms with Gasteiger partial charge in [0.2, 0.25) is 6.10 Å². The van der Waals surface area contributed by atoms with Gasteiger partial charge in [-0.1, -0.05) is 19.1 Å². The first-order valence-electron chi connectivity index (χ1n) is 8.14. The molecule has 1 aliphatic heterocycles. The van der Waals surface area contributed by atoms with Gasteiger partial charge in [0.1, 0.15) is 6.61 Å². The molecule has 0 fully saturated rings. The lowest BCUT2D eigenvalue weighted by Crippen LogP contribution is -2.40. The van der Waals surface area contributed by atoms with Gasteiger partial charge in [-0.05, 0) is 42.8 Å². The van der Waals surface area contributed by atoms with Gasteiger partial charge >= 0.3 is 5.97 Å². The summed E-state index contributed by atoms with van der Waals surface area (Å²) in [5.41, 5.74) is 1.01. The molecule has 0 aliphatic carbocycles. The van der Waals surface area contributed by atoms with E-state index in [1.54, 1.807) is 36.4 Å². The van der Waals surface area contributed by atoms with Crippen LogP contribution in [0.15, 0.2) is 48.5 Å². The number of carbonyl (C=O) groups is 2. The van der Waals surface area contributed by atoms with E-state index in [-0.39, 0.29) is 18.5 Å². The fourth-order valence-electron chi connectivity index (χ4n) is 2.34. The minimum Gasteiger partial charge on any atom is -0.485 e. The Hall–Kier alpha value is -3.02. The number of ether oxygens (including phenoxy) is 3. The number of rotatable bonds is 5. The van der Waals surface area contributed by atoms with Gasteiger partial charge in [-0.15, -0.1) is 0 Å². The van der Waals surface area contributed by atoms with E-state index >= 15 is 0 Å². The van der Waals surface area contributed by atoms with Gasteiger partial charge in [0.05, 0.1) is 12.2 Å². The summed E-state index contributed by atoms with van der Waals surface area (Å²) in [6.45, 7) is 2.46. The van der Waals surface area contributed by atoms with Crippen molar-refractivity contribution in [3.8, 4) is 11.5 Å². The van der Waals surface area contributed by atoms with E-state index in [0.29, 0.717) is 29.4 Å². The molecule has 1 amide bonds. The van der Waals surface area contributed by atoms with E-state index in [1.165, 1.54) is 0 Å². The van der Waals surface area contributed by atoms with E-state index in [1.807, 2.05) is 19.1 Å². The zero-order valence-electron chi connectivity index (χ0n) is 13.9. The number of hydrogen-bond donors (Lipinski definition) is 1. The number of carbonyl (C=O) groups excluding carboxylic acids is 2. The molecule has 3 rings (SSSR count). The molecule has 2 aromatic rings. The molecule has 0 radical (unpaired) electrons. The quantitative estimate of drug-likeness (QED) is 0.846. The van der Waals surface area contributed by atoms with Crippen LogP contribution in [-0.4, -0.2) is 31.2 Å². The van der Waals surface area contributed by atoms with Crippen molar-refractivity contribution in [3.05, 3.63) is 54.1 Å². The summed E-state index contributed by atoms with van der Waals surface area (Å²) in [5, 5.41) is 2.76. The van der Waals surface area contributed by atoms with Crippen LogP contribution < -0.4 is 14.8 Å². The molecule has 6 nitrogen and oxygen atoms in total. The van der Waals surface area contributed by atoms with E-state index in [2.05, 4.69) is 5.32 Å². The lowest BCUT2D eigenvalue weighted by Gasteiger charge is -2.25. The average Bonchev–Trinajstić information content (AvgIpc) is 2.66. The van der Waals surface area contributed by atoms with Crippen molar-refractivity contribution in [3.63, 3.8) is 0 Å². The Bertz CT molecular complexity index is 757. The molecular formula is C19H19NO5. The lowest BCUT2D eigenvalue weighted by atomic mass is 10.2. The Morgan fingerprint density at radius 1 is 1.12 bits per heavy atom. The van der Waals surface area contributed by atoms with Gasteiger partial charge in [-0.25, -0.2) is 4.79 Å². The molecule has 1 heterocycles. The molecule has 130 valence electrons. The van der Waals surface area contributed by atoms with Crippen LogP contribution >= 0.6 is 0 Å². The fourth-order valence-corrected chi connectivity index (χ4v) is 2.34. The summed E-state index contributed by atoms with van der Waals surface area (Å²) in [5.74, 6) is 0.487. The van der Waals surface area contributed by atoms with Crippen LogP contribution in [0.2, 0.25) is 0 Å². The summed E-state index contributed by atoms with van der Waals surface area (Å²) < 4.78 is 16.3. The van der Waals surface area contributed by atoms with Gasteiger partial charge in [0, 0.05) is 5.69 Å². The molecule has 0 bridgehead atoms. The molecule has 1 atom stereocenters. The first kappa shape index (κ1) is 16.8. The highest BCUT2D eigenvalue weighted by molar-refractivity contribution is 5.95. The summed E-state index contributed by atoms with van der Waals surface area (Å²) in [6.07, 6.45) is 0.0380. The number of amides is 1. The molecule has 1 N–H and O–H groups in total. The van der Waals surface area contributed by atoms with E-state index in [9.17, 15) is 9.59 Å². The Morgan fingerprint density at radius 3 is 2.56 bits per heavy atom. The standard InChI is InChI=1S/C19H19NO5/c1-2-11-23-19(22)13-7-9-14(10-8-13)20-18(21)17-12-24-15-5-3-4-6-16(15)25-17/h3-10,17H,2,11-12H2,1H3,(H,20,21)/t17-/m1/s1. The van der Waals surface area contributed by atoms with Gasteiger partial charge < -0.3 is 19.5 Å². The van der Waals surface area contributed by atoms with Crippen LogP contribution in [0, 0.1) is 0 Å². The number of nitrogens with one attached hydrogen (secondary N) is 1. The smallest absolute Gasteiger partial charge is 0.338 e. The predicted molar refractivity (Wildman–Crippen MR) is 92.0 cm³/mol. The van der Waals surface area contributed by atoms with Gasteiger partial charge in [-0.2, -0.15) is 0 Å². The van der Waals surface area contributed by atoms with Crippen molar-refractivity contribution in [1.82, 2.24) is 0 Å². The number of fused-ring (bicyclic) bond motifs is 1. The third-order valence-corrected chi connectivity index (χ3v) is 3.63. The molecule has 0 unspecified atom stereocenters. The highest BCUT2D eigenvalue weighted by Crippen LogP contribution is 2.31. The second-order valence-corrected chi connectivity index (χ2v) is 5.57. The number of benzene rings is 2. The highest BCUT2D eigenvalue weighted by Gasteiger charge is 2.27. The summed E-state index contributed by atoms with van der Waals surface area (Å²) in [7, 11) is 0. The van der Waals surface area contributed by atoms with Crippen LogP contribution in [-0.2, 0) is 9.53 Å². The monoisotopic (exact) mass is 341 g/mol. The summed E-state index contributed by atoms with van der Waals surface area (Å²) >= 11 is 0. The number of hydrogen-bond acceptors (Lipinski definition) is 5. The molecule has 0 aromatic heterocycles. The number of esters is 1. The van der Waals surface area contributed by atoms with Gasteiger partial charge in [0.25, 0.3) is 5.91 Å². The lowest BCUT2D eigenvalue weighted by molar-refractivity contribution is -0.125. The number of para-hydroxylation sites is 2. The maximum atomic E-state index is 12.3. The zero-order chi connectivity index (χ0) is 17.6. The van der Waals surface area contributed by atoms with Crippen molar-refractivity contribution >= 4 is 17.6 Å². The van der Waals surface area contributed by atoms with Crippen molar-refractivity contribution in [2.24, 2.45) is 0 Å². The first-order valence-corrected chi connectivity index (χ1v) is 8.14. The van der Waals surface area contributed by atoms with Crippen molar-refractivity contribution < 1.29 is 23.8 Å². The minimum absolute atomic E-state index is 0.143. The highest BCUT2D eigenvalue weighted by atomic mass is 16.6. The van der Waals surface area contributed by atoms with Crippen LogP contribution in [0.3, 0.4) is 0 Å². The van der Waals surface area contributed by atoms with Crippen molar-refractivity contribution in [2.45, 2.75) is 19.4 Å². The maximum Gasteiger partial charge on any atom is 0.338 e. The summed E-state index contributed by atoms with van der Waals surface area (Å²) in [6, 6.07) is 13.7. The Kier molecular flexibility index (Phi) is 5.18. The third kappa shape index (κ3) is 4.09. The van der Waals surface area contributed by atoms with Crippen LogP contribution in [0.25, 0.3) is 0 Å². The number of anilines is 1. The van der Waals surface area contributed by atoms with Crippen LogP contribution in [0.5, 0.6) is 11.5 Å². The SMILES string of the molecule is CCCOC(=O)c1ccc(NC(=O)[C@H]2COc3ccccc3O2)cc1. The van der Waals surface area contributed by atoms with E-state index in [4.69, 9.17) is 14.2 Å². The largest absolute Gasteiger partial charge is 0.485 e. The third-order valence-electron chi connectivity index (χ3n) is 3.63. The Labute approximate surface area is 145 Å². The van der Waals surface area contributed by atoms with Crippen molar-refractivity contribution in [2.75, 3.05) is 18.5 Å². The van der Waals surface area contributed by atoms with Gasteiger partial charge in [-0.3, -0.25) is 4.79 Å². The van der Waals surface area contributed by atoms with Crippen molar-refractivity contribution in [1.29, 1.82) is 0 Å². The molecule has 1 aliphatic rings. The molecule has 0 saturated carbocycles. The molecule has 0 saturated heterocycles. The average molecular weight is 341 g/mol. The molecule has 6 heteroatoms. The topological polar surface area (TPSA) is 73.9 Å². The van der Waals surface area contributed by atoms with E-state index < -0.39 is 6.10 Å². The van der Waals surface area contributed by atoms with Gasteiger partial charge in [0.15, 0.2) is 11.5 Å². The predicted octanol–water partition coefficient (Wildman–Crippen LogP) is 3.03. The Morgan fingerprint density at radius 2 is 1.84 bits per heavy atom. The second kappa shape index (κ2) is 7.70. The first-order chi connectivity index (χ1) is 12.2. The molecular weight excluding hydrogens is 322 g/mol. The summed E-state index contributed by atoms with van der Waals surface area (Å²) in [4.78, 5) is 24.1. The molecule has 2 aromatic carbocycles. The van der Waals surface area contributed by atoms with Crippen LogP contribution in [0.1, 0.15) is 23.7 Å². The minimum atomic E-state index is -0.732.